The average molecular weight is 387 g/mol. The summed E-state index contributed by atoms with van der Waals surface area (Å²) in [5, 5.41) is 11.7. The summed E-state index contributed by atoms with van der Waals surface area (Å²) in [5.41, 5.74) is 0.116. The van der Waals surface area contributed by atoms with Crippen LogP contribution in [0.1, 0.15) is 18.3 Å². The monoisotopic (exact) mass is 387 g/mol. The molecule has 10 heteroatoms. The van der Waals surface area contributed by atoms with Gasteiger partial charge in [-0.3, -0.25) is 24.0 Å². The van der Waals surface area contributed by atoms with E-state index in [-0.39, 0.29) is 16.7 Å². The highest BCUT2D eigenvalue weighted by Crippen LogP contribution is 2.27. The fourth-order valence-corrected chi connectivity index (χ4v) is 3.62. The molecule has 1 aromatic carbocycles. The lowest BCUT2D eigenvalue weighted by Crippen LogP contribution is -2.37. The second kappa shape index (κ2) is 7.31. The van der Waals surface area contributed by atoms with Gasteiger partial charge in [0.15, 0.2) is 5.65 Å². The zero-order chi connectivity index (χ0) is 19.7. The van der Waals surface area contributed by atoms with E-state index in [1.54, 1.807) is 19.2 Å². The van der Waals surface area contributed by atoms with Crippen molar-refractivity contribution in [3.63, 3.8) is 0 Å². The molecule has 27 heavy (non-hydrogen) atoms. The van der Waals surface area contributed by atoms with Gasteiger partial charge in [-0.25, -0.2) is 14.8 Å². The summed E-state index contributed by atoms with van der Waals surface area (Å²) in [6.45, 7) is 1.88. The first-order valence-electron chi connectivity index (χ1n) is 8.16. The van der Waals surface area contributed by atoms with Gasteiger partial charge in [0.2, 0.25) is 0 Å². The van der Waals surface area contributed by atoms with E-state index in [2.05, 4.69) is 9.97 Å². The summed E-state index contributed by atoms with van der Waals surface area (Å²) in [6, 6.07) is 6.31. The van der Waals surface area contributed by atoms with E-state index < -0.39 is 16.2 Å². The van der Waals surface area contributed by atoms with Crippen LogP contribution in [0.2, 0.25) is 0 Å². The fraction of sp³-hybridized carbons (Fsp3) is 0.294. The molecule has 2 aromatic heterocycles. The SMILES string of the molecule is CCc1nc(SCc2cccc([N+](=O)[O-])c2)c2c(=O)n(C)c(=O)n(C)c2n1. The van der Waals surface area contributed by atoms with Crippen LogP contribution < -0.4 is 11.2 Å². The molecule has 0 saturated heterocycles. The van der Waals surface area contributed by atoms with Crippen molar-refractivity contribution >= 4 is 28.5 Å². The summed E-state index contributed by atoms with van der Waals surface area (Å²) in [5.74, 6) is 0.912. The summed E-state index contributed by atoms with van der Waals surface area (Å²) in [7, 11) is 2.97. The Balaban J connectivity index is 2.11. The van der Waals surface area contributed by atoms with Crippen molar-refractivity contribution < 1.29 is 4.92 Å². The fourth-order valence-electron chi connectivity index (χ4n) is 2.65. The third kappa shape index (κ3) is 3.47. The molecular weight excluding hydrogens is 370 g/mol. The molecule has 0 radical (unpaired) electrons. The van der Waals surface area contributed by atoms with Crippen LogP contribution in [0.3, 0.4) is 0 Å². The average Bonchev–Trinajstić information content (AvgIpc) is 2.68. The number of fused-ring (bicyclic) bond motifs is 1. The number of aryl methyl sites for hydroxylation is 2. The summed E-state index contributed by atoms with van der Waals surface area (Å²) >= 11 is 1.29. The van der Waals surface area contributed by atoms with Crippen LogP contribution >= 0.6 is 11.8 Å². The lowest BCUT2D eigenvalue weighted by Gasteiger charge is -2.11. The minimum atomic E-state index is -0.461. The van der Waals surface area contributed by atoms with Crippen molar-refractivity contribution in [1.29, 1.82) is 0 Å². The molecule has 0 aliphatic heterocycles. The van der Waals surface area contributed by atoms with E-state index in [0.717, 1.165) is 10.1 Å². The van der Waals surface area contributed by atoms with E-state index in [9.17, 15) is 19.7 Å². The van der Waals surface area contributed by atoms with Crippen LogP contribution in [0.25, 0.3) is 11.0 Å². The van der Waals surface area contributed by atoms with Crippen LogP contribution in [-0.2, 0) is 26.3 Å². The van der Waals surface area contributed by atoms with Crippen molar-refractivity contribution in [1.82, 2.24) is 19.1 Å². The molecule has 0 spiro atoms. The second-order valence-electron chi connectivity index (χ2n) is 5.92. The molecule has 3 aromatic rings. The Morgan fingerprint density at radius 2 is 1.93 bits per heavy atom. The maximum absolute atomic E-state index is 12.6. The minimum absolute atomic E-state index is 0.00760. The first-order valence-corrected chi connectivity index (χ1v) is 9.14. The smallest absolute Gasteiger partial charge is 0.280 e. The molecule has 0 aliphatic rings. The predicted octanol–water partition coefficient (Wildman–Crippen LogP) is 1.79. The lowest BCUT2D eigenvalue weighted by molar-refractivity contribution is -0.384. The molecule has 0 aliphatic carbocycles. The van der Waals surface area contributed by atoms with Gasteiger partial charge >= 0.3 is 5.69 Å². The molecule has 9 nitrogen and oxygen atoms in total. The van der Waals surface area contributed by atoms with Gasteiger partial charge in [0.1, 0.15) is 16.2 Å². The molecule has 0 amide bonds. The molecule has 0 bridgehead atoms. The molecule has 0 atom stereocenters. The van der Waals surface area contributed by atoms with Crippen LogP contribution in [0.4, 0.5) is 5.69 Å². The first-order chi connectivity index (χ1) is 12.8. The van der Waals surface area contributed by atoms with Gasteiger partial charge in [0.25, 0.3) is 11.2 Å². The summed E-state index contributed by atoms with van der Waals surface area (Å²) < 4.78 is 2.35. The van der Waals surface area contributed by atoms with E-state index in [0.29, 0.717) is 23.0 Å². The van der Waals surface area contributed by atoms with Gasteiger partial charge in [-0.05, 0) is 5.56 Å². The van der Waals surface area contributed by atoms with Gasteiger partial charge in [0.05, 0.1) is 4.92 Å². The Kier molecular flexibility index (Phi) is 5.08. The van der Waals surface area contributed by atoms with Crippen molar-refractivity contribution in [2.45, 2.75) is 24.1 Å². The topological polar surface area (TPSA) is 113 Å². The van der Waals surface area contributed by atoms with Crippen LogP contribution in [0.5, 0.6) is 0 Å². The van der Waals surface area contributed by atoms with E-state index >= 15 is 0 Å². The zero-order valence-corrected chi connectivity index (χ0v) is 15.8. The van der Waals surface area contributed by atoms with Crippen LogP contribution in [0, 0.1) is 10.1 Å². The Hall–Kier alpha value is -3.01. The van der Waals surface area contributed by atoms with Gasteiger partial charge < -0.3 is 0 Å². The number of nitro groups is 1. The number of hydrogen-bond acceptors (Lipinski definition) is 7. The highest BCUT2D eigenvalue weighted by Gasteiger charge is 2.17. The van der Waals surface area contributed by atoms with Gasteiger partial charge in [-0.2, -0.15) is 0 Å². The molecule has 3 rings (SSSR count). The second-order valence-corrected chi connectivity index (χ2v) is 6.88. The Morgan fingerprint density at radius 3 is 2.59 bits per heavy atom. The number of thioether (sulfide) groups is 1. The maximum Gasteiger partial charge on any atom is 0.332 e. The largest absolute Gasteiger partial charge is 0.332 e. The highest BCUT2D eigenvalue weighted by molar-refractivity contribution is 7.98. The highest BCUT2D eigenvalue weighted by atomic mass is 32.2. The van der Waals surface area contributed by atoms with Crippen molar-refractivity contribution in [3.05, 3.63) is 66.6 Å². The zero-order valence-electron chi connectivity index (χ0n) is 15.0. The normalized spacial score (nSPS) is 11.1. The van der Waals surface area contributed by atoms with Crippen molar-refractivity contribution in [2.24, 2.45) is 14.1 Å². The number of rotatable bonds is 5. The van der Waals surface area contributed by atoms with Gasteiger partial charge in [-0.15, -0.1) is 11.8 Å². The van der Waals surface area contributed by atoms with E-state index in [4.69, 9.17) is 0 Å². The standard InChI is InChI=1S/C17H17N5O4S/c1-4-12-18-14-13(16(23)21(3)17(24)20(14)2)15(19-12)27-9-10-6-5-7-11(8-10)22(25)26/h5-8H,4,9H2,1-3H3. The molecule has 0 unspecified atom stereocenters. The van der Waals surface area contributed by atoms with Crippen LogP contribution in [0.15, 0.2) is 38.9 Å². The Morgan fingerprint density at radius 1 is 1.19 bits per heavy atom. The Labute approximate surface area is 157 Å². The maximum atomic E-state index is 12.6. The quantitative estimate of drug-likeness (QED) is 0.284. The number of hydrogen-bond donors (Lipinski definition) is 0. The van der Waals surface area contributed by atoms with Gasteiger partial charge in [-0.1, -0.05) is 19.1 Å². The number of aromatic nitrogens is 4. The van der Waals surface area contributed by atoms with Crippen molar-refractivity contribution in [2.75, 3.05) is 0 Å². The third-order valence-electron chi connectivity index (χ3n) is 4.13. The molecule has 0 N–H and O–H groups in total. The molecular formula is C17H17N5O4S. The van der Waals surface area contributed by atoms with Crippen molar-refractivity contribution in [3.8, 4) is 0 Å². The van der Waals surface area contributed by atoms with Gasteiger partial charge in [0, 0.05) is 38.4 Å². The Bertz CT molecular complexity index is 1170. The minimum Gasteiger partial charge on any atom is -0.280 e. The molecule has 0 saturated carbocycles. The number of nitrogens with zero attached hydrogens (tertiary/aromatic N) is 5. The molecule has 0 fully saturated rings. The summed E-state index contributed by atoms with van der Waals surface area (Å²) in [4.78, 5) is 44.1. The van der Waals surface area contributed by atoms with E-state index in [1.165, 1.54) is 35.5 Å². The number of non-ortho nitro benzene ring substituents is 1. The van der Waals surface area contributed by atoms with Crippen LogP contribution in [-0.4, -0.2) is 24.0 Å². The number of nitro benzene ring substituents is 1. The predicted molar refractivity (Wildman–Crippen MR) is 102 cm³/mol. The first kappa shape index (κ1) is 18.8. The number of benzene rings is 1. The molecule has 140 valence electrons. The molecule has 2 heterocycles. The van der Waals surface area contributed by atoms with E-state index in [1.807, 2.05) is 6.92 Å². The third-order valence-corrected chi connectivity index (χ3v) is 5.17. The summed E-state index contributed by atoms with van der Waals surface area (Å²) in [6.07, 6.45) is 0.545. The lowest BCUT2D eigenvalue weighted by atomic mass is 10.2.